The fraction of sp³-hybridized carbons (Fsp3) is 0.306. The van der Waals surface area contributed by atoms with Crippen molar-refractivity contribution < 1.29 is 31.9 Å². The topological polar surface area (TPSA) is 216 Å². The van der Waals surface area contributed by atoms with Crippen molar-refractivity contribution in [2.24, 2.45) is 0 Å². The number of nitrogens with one attached hydrogen (secondary N) is 2. The van der Waals surface area contributed by atoms with Gasteiger partial charge < -0.3 is 27.2 Å². The number of carbonyl (C=O) groups is 2. The number of anilines is 2. The average Bonchev–Trinajstić information content (AvgIpc) is 3.31. The van der Waals surface area contributed by atoms with Gasteiger partial charge in [0.05, 0.1) is 46.3 Å². The Hall–Kier alpha value is -6.65. The van der Waals surface area contributed by atoms with Gasteiger partial charge in [0.1, 0.15) is 44.5 Å². The van der Waals surface area contributed by atoms with Crippen molar-refractivity contribution in [2.75, 3.05) is 17.7 Å². The summed E-state index contributed by atoms with van der Waals surface area (Å²) in [6.45, 7) is 0.611. The molecule has 2 aromatic heterocycles. The van der Waals surface area contributed by atoms with Crippen LogP contribution in [-0.2, 0) is 22.9 Å². The third-order valence-corrected chi connectivity index (χ3v) is 13.7. The molecular formula is C49H52F2N8O5S. The van der Waals surface area contributed by atoms with Crippen LogP contribution in [0, 0.1) is 11.6 Å². The maximum absolute atomic E-state index is 14.8. The summed E-state index contributed by atoms with van der Waals surface area (Å²) in [4.78, 5) is 42.7. The van der Waals surface area contributed by atoms with Crippen LogP contribution >= 0.6 is 0 Å². The van der Waals surface area contributed by atoms with E-state index in [-0.39, 0.29) is 46.0 Å². The van der Waals surface area contributed by atoms with Crippen LogP contribution in [0.25, 0.3) is 22.5 Å². The number of benzene rings is 4. The van der Waals surface area contributed by atoms with Crippen molar-refractivity contribution in [3.63, 3.8) is 0 Å². The van der Waals surface area contributed by atoms with E-state index in [1.165, 1.54) is 30.5 Å². The zero-order valence-electron chi connectivity index (χ0n) is 36.0. The van der Waals surface area contributed by atoms with Gasteiger partial charge in [0, 0.05) is 42.3 Å². The number of hydrogen-bond donors (Lipinski definition) is 5. The molecule has 7 N–H and O–H groups in total. The van der Waals surface area contributed by atoms with Crippen LogP contribution in [0.1, 0.15) is 106 Å². The molecule has 0 atom stereocenters. The minimum absolute atomic E-state index is 0.0383. The van der Waals surface area contributed by atoms with Crippen molar-refractivity contribution >= 4 is 33.3 Å². The molecule has 0 aliphatic heterocycles. The molecule has 2 heterocycles. The minimum Gasteiger partial charge on any atom is -0.393 e. The van der Waals surface area contributed by atoms with Crippen LogP contribution in [0.5, 0.6) is 0 Å². The van der Waals surface area contributed by atoms with Gasteiger partial charge in [-0.2, -0.15) is 0 Å². The number of nitrogens with two attached hydrogens (primary N) is 2. The number of nitrogen functional groups attached to an aromatic ring is 2. The van der Waals surface area contributed by atoms with Crippen LogP contribution in [0.3, 0.4) is 0 Å². The number of hydrogen-bond acceptors (Lipinski definition) is 11. The average molecular weight is 903 g/mol. The first kappa shape index (κ1) is 46.3. The Kier molecular flexibility index (Phi) is 14.9. The summed E-state index contributed by atoms with van der Waals surface area (Å²) in [5.74, 6) is -1.68. The molecule has 65 heavy (non-hydrogen) atoms. The number of sulfone groups is 1. The summed E-state index contributed by atoms with van der Waals surface area (Å²) in [7, 11) is -3.06. The van der Waals surface area contributed by atoms with E-state index in [0.717, 1.165) is 42.5 Å². The first-order valence-electron chi connectivity index (χ1n) is 21.6. The number of nitrogens with zero attached hydrogens (tertiary/aromatic N) is 4. The van der Waals surface area contributed by atoms with Crippen molar-refractivity contribution in [3.05, 3.63) is 155 Å². The molecule has 0 saturated heterocycles. The van der Waals surface area contributed by atoms with Crippen molar-refractivity contribution in [1.29, 1.82) is 0 Å². The molecule has 2 amide bonds. The third-order valence-electron chi connectivity index (χ3n) is 12.0. The number of carbonyl (C=O) groups excluding carboxylic acids is 2. The van der Waals surface area contributed by atoms with Gasteiger partial charge in [0.15, 0.2) is 0 Å². The Morgan fingerprint density at radius 3 is 1.42 bits per heavy atom. The fourth-order valence-corrected chi connectivity index (χ4v) is 9.37. The van der Waals surface area contributed by atoms with E-state index in [1.54, 1.807) is 24.5 Å². The van der Waals surface area contributed by atoms with E-state index in [4.69, 9.17) is 11.5 Å². The second kappa shape index (κ2) is 20.9. The number of aliphatic hydroxyl groups excluding tert-OH is 1. The third kappa shape index (κ3) is 11.9. The molecule has 8 rings (SSSR count). The first-order chi connectivity index (χ1) is 31.2. The Balaban J connectivity index is 0.000000195. The Labute approximate surface area is 377 Å². The molecule has 6 aromatic rings. The lowest BCUT2D eigenvalue weighted by molar-refractivity contribution is 0.0938. The summed E-state index contributed by atoms with van der Waals surface area (Å²) in [5.41, 5.74) is 16.9. The lowest BCUT2D eigenvalue weighted by atomic mass is 9.85. The summed E-state index contributed by atoms with van der Waals surface area (Å²) < 4.78 is 53.3. The Morgan fingerprint density at radius 2 is 1.03 bits per heavy atom. The first-order valence-corrected chi connectivity index (χ1v) is 23.5. The molecule has 16 heteroatoms. The smallest absolute Gasteiger partial charge is 0.254 e. The van der Waals surface area contributed by atoms with E-state index in [9.17, 15) is 31.9 Å². The van der Waals surface area contributed by atoms with E-state index in [0.29, 0.717) is 67.0 Å². The lowest BCUT2D eigenvalue weighted by Gasteiger charge is -2.27. The van der Waals surface area contributed by atoms with Gasteiger partial charge in [-0.3, -0.25) is 9.59 Å². The van der Waals surface area contributed by atoms with Gasteiger partial charge in [-0.1, -0.05) is 72.8 Å². The number of aromatic nitrogens is 4. The molecule has 338 valence electrons. The van der Waals surface area contributed by atoms with E-state index in [2.05, 4.69) is 30.6 Å². The van der Waals surface area contributed by atoms with Gasteiger partial charge in [0.2, 0.25) is 0 Å². The largest absolute Gasteiger partial charge is 0.393 e. The van der Waals surface area contributed by atoms with E-state index >= 15 is 0 Å². The molecule has 0 spiro atoms. The van der Waals surface area contributed by atoms with Crippen LogP contribution in [0.2, 0.25) is 0 Å². The van der Waals surface area contributed by atoms with Gasteiger partial charge in [-0.15, -0.1) is 0 Å². The summed E-state index contributed by atoms with van der Waals surface area (Å²) >= 11 is 0. The highest BCUT2D eigenvalue weighted by Gasteiger charge is 2.30. The molecule has 0 radical (unpaired) electrons. The molecule has 2 aliphatic carbocycles. The second-order valence-corrected chi connectivity index (χ2v) is 18.9. The van der Waals surface area contributed by atoms with Gasteiger partial charge in [-0.05, 0) is 86.8 Å². The van der Waals surface area contributed by atoms with Crippen molar-refractivity contribution in [1.82, 2.24) is 30.6 Å². The number of rotatable bonds is 11. The molecule has 4 aromatic carbocycles. The number of amides is 2. The lowest BCUT2D eigenvalue weighted by Crippen LogP contribution is -2.26. The molecule has 0 unspecified atom stereocenters. The highest BCUT2D eigenvalue weighted by atomic mass is 32.2. The highest BCUT2D eigenvalue weighted by molar-refractivity contribution is 7.91. The van der Waals surface area contributed by atoms with Crippen LogP contribution < -0.4 is 22.1 Å². The Bertz CT molecular complexity index is 2730. The van der Waals surface area contributed by atoms with Crippen molar-refractivity contribution in [3.8, 4) is 22.5 Å². The second-order valence-electron chi connectivity index (χ2n) is 16.6. The van der Waals surface area contributed by atoms with Gasteiger partial charge in [-0.25, -0.2) is 37.1 Å². The van der Waals surface area contributed by atoms with E-state index in [1.807, 2.05) is 60.7 Å². The summed E-state index contributed by atoms with van der Waals surface area (Å²) in [5, 5.41) is 14.9. The van der Waals surface area contributed by atoms with Gasteiger partial charge >= 0.3 is 0 Å². The standard InChI is InChI=1S/C25H27FN4O3S.C24H25FN4O2/c1-34(32,33)19-10-7-17(8-11-19)22-15-28-24(27)23(30-22)18-9-12-20(21(26)13-18)25(31)29-14-16-5-3-2-4-6-16;25-20-12-17(8-11-19(20)24(31)28-13-15-4-2-1-3-5-15)22-23(26)27-14-21(29-22)16-6-9-18(30)10-7-16/h2-6,9,12-13,15,17,19H,7-8,10-11,14H2,1H3,(H2,27,28)(H,29,31);1-5,8,11-12,14,16,18,30H,6-7,9-10,13H2,(H2,26,27)(H,28,31). The van der Waals surface area contributed by atoms with Crippen LogP contribution in [0.15, 0.2) is 109 Å². The molecule has 13 nitrogen and oxygen atoms in total. The maximum atomic E-state index is 14.8. The molecule has 2 saturated carbocycles. The highest BCUT2D eigenvalue weighted by Crippen LogP contribution is 2.37. The fourth-order valence-electron chi connectivity index (χ4n) is 8.24. The molecule has 2 aliphatic rings. The minimum atomic E-state index is -3.06. The zero-order valence-corrected chi connectivity index (χ0v) is 36.8. The maximum Gasteiger partial charge on any atom is 0.254 e. The monoisotopic (exact) mass is 902 g/mol. The van der Waals surface area contributed by atoms with Crippen LogP contribution in [-0.4, -0.2) is 62.9 Å². The quantitative estimate of drug-likeness (QED) is 0.0850. The normalized spacial score (nSPS) is 18.5. The zero-order chi connectivity index (χ0) is 46.1. The van der Waals surface area contributed by atoms with Crippen LogP contribution in [0.4, 0.5) is 20.4 Å². The number of halogens is 2. The predicted molar refractivity (Wildman–Crippen MR) is 246 cm³/mol. The molecule has 0 bridgehead atoms. The predicted octanol–water partition coefficient (Wildman–Crippen LogP) is 7.68. The molecular weight excluding hydrogens is 851 g/mol. The van der Waals surface area contributed by atoms with Gasteiger partial charge in [0.25, 0.3) is 11.8 Å². The van der Waals surface area contributed by atoms with E-state index < -0.39 is 33.3 Å². The molecule has 2 fully saturated rings. The summed E-state index contributed by atoms with van der Waals surface area (Å²) in [6.07, 6.45) is 9.91. The summed E-state index contributed by atoms with van der Waals surface area (Å²) in [6, 6.07) is 27.4. The number of aliphatic hydroxyl groups is 1. The SMILES string of the molecule is CS(=O)(=O)C1CCC(c2cnc(N)c(-c3ccc(C(=O)NCc4ccccc4)c(F)c3)n2)CC1.Nc1ncc(C2CCC(O)CC2)nc1-c1ccc(C(=O)NCc2ccccc2)c(F)c1. The Morgan fingerprint density at radius 1 is 0.631 bits per heavy atom. The van der Waals surface area contributed by atoms with Crippen molar-refractivity contribution in [2.45, 2.75) is 87.6 Å².